The highest BCUT2D eigenvalue weighted by atomic mass is 32.1. The number of anilines is 1. The number of urea groups is 1. The largest absolute Gasteiger partial charge is 0.342 e. The molecule has 6 nitrogen and oxygen atoms in total. The van der Waals surface area contributed by atoms with Crippen LogP contribution in [-0.2, 0) is 4.79 Å². The average Bonchev–Trinajstić information content (AvgIpc) is 3.44. The van der Waals surface area contributed by atoms with Gasteiger partial charge in [-0.1, -0.05) is 12.8 Å². The predicted octanol–water partition coefficient (Wildman–Crippen LogP) is 4.73. The standard InChI is InChI=1S/C22H26F2N4O2S/c1-27(18-6-8-28(9-7-18)21(29)14-4-2-3-5-14)22(30)26-19-13-31-20(25-19)15-10-16(23)12-17(24)11-15/h10-14,18H,2-9H2,1H3,(H,26,30). The number of nitrogens with one attached hydrogen (secondary N) is 1. The summed E-state index contributed by atoms with van der Waals surface area (Å²) in [6, 6.07) is 2.98. The average molecular weight is 449 g/mol. The molecule has 1 saturated heterocycles. The number of amides is 3. The number of piperidine rings is 1. The minimum Gasteiger partial charge on any atom is -0.342 e. The zero-order valence-corrected chi connectivity index (χ0v) is 18.3. The molecule has 166 valence electrons. The molecule has 1 aliphatic carbocycles. The van der Waals surface area contributed by atoms with Gasteiger partial charge in [0.05, 0.1) is 0 Å². The highest BCUT2D eigenvalue weighted by Gasteiger charge is 2.32. The Balaban J connectivity index is 1.31. The summed E-state index contributed by atoms with van der Waals surface area (Å²) in [7, 11) is 1.74. The van der Waals surface area contributed by atoms with E-state index in [0.717, 1.165) is 44.6 Å². The van der Waals surface area contributed by atoms with Gasteiger partial charge >= 0.3 is 6.03 Å². The second-order valence-electron chi connectivity index (χ2n) is 8.27. The van der Waals surface area contributed by atoms with Crippen LogP contribution in [0.25, 0.3) is 10.6 Å². The van der Waals surface area contributed by atoms with Crippen molar-refractivity contribution in [1.82, 2.24) is 14.8 Å². The van der Waals surface area contributed by atoms with Gasteiger partial charge in [-0.25, -0.2) is 18.6 Å². The van der Waals surface area contributed by atoms with Crippen LogP contribution in [-0.4, -0.2) is 52.9 Å². The number of hydrogen-bond donors (Lipinski definition) is 1. The molecule has 1 aromatic heterocycles. The third-order valence-electron chi connectivity index (χ3n) is 6.20. The number of benzene rings is 1. The van der Waals surface area contributed by atoms with Crippen LogP contribution in [0.4, 0.5) is 19.4 Å². The van der Waals surface area contributed by atoms with Gasteiger partial charge in [-0.05, 0) is 37.8 Å². The van der Waals surface area contributed by atoms with Gasteiger partial charge in [0.15, 0.2) is 0 Å². The van der Waals surface area contributed by atoms with Crippen molar-refractivity contribution < 1.29 is 18.4 Å². The molecule has 0 radical (unpaired) electrons. The van der Waals surface area contributed by atoms with Crippen LogP contribution >= 0.6 is 11.3 Å². The highest BCUT2D eigenvalue weighted by Crippen LogP contribution is 2.29. The van der Waals surface area contributed by atoms with Gasteiger partial charge in [-0.3, -0.25) is 10.1 Å². The summed E-state index contributed by atoms with van der Waals surface area (Å²) in [4.78, 5) is 33.1. The number of carbonyl (C=O) groups is 2. The molecule has 9 heteroatoms. The summed E-state index contributed by atoms with van der Waals surface area (Å²) in [5.41, 5.74) is 0.329. The minimum atomic E-state index is -0.673. The minimum absolute atomic E-state index is 0.0445. The molecule has 3 amide bonds. The van der Waals surface area contributed by atoms with Gasteiger partial charge in [0.25, 0.3) is 0 Å². The van der Waals surface area contributed by atoms with E-state index in [1.807, 2.05) is 4.90 Å². The van der Waals surface area contributed by atoms with Gasteiger partial charge in [0.1, 0.15) is 22.5 Å². The van der Waals surface area contributed by atoms with E-state index in [9.17, 15) is 18.4 Å². The highest BCUT2D eigenvalue weighted by molar-refractivity contribution is 7.13. The molecule has 0 bridgehead atoms. The van der Waals surface area contributed by atoms with Gasteiger partial charge in [0.2, 0.25) is 5.91 Å². The summed E-state index contributed by atoms with van der Waals surface area (Å²) >= 11 is 1.20. The first-order chi connectivity index (χ1) is 14.9. The lowest BCUT2D eigenvalue weighted by molar-refractivity contribution is -0.136. The monoisotopic (exact) mass is 448 g/mol. The molecule has 0 atom stereocenters. The van der Waals surface area contributed by atoms with E-state index in [-0.39, 0.29) is 23.9 Å². The first kappa shape index (κ1) is 21.7. The maximum Gasteiger partial charge on any atom is 0.323 e. The van der Waals surface area contributed by atoms with Crippen molar-refractivity contribution in [2.75, 3.05) is 25.5 Å². The quantitative estimate of drug-likeness (QED) is 0.735. The normalized spacial score (nSPS) is 17.7. The van der Waals surface area contributed by atoms with Crippen LogP contribution in [0.2, 0.25) is 0 Å². The second kappa shape index (κ2) is 9.30. The summed E-state index contributed by atoms with van der Waals surface area (Å²) in [5, 5.41) is 4.83. The Morgan fingerprint density at radius 2 is 1.74 bits per heavy atom. The van der Waals surface area contributed by atoms with Crippen LogP contribution < -0.4 is 5.32 Å². The lowest BCUT2D eigenvalue weighted by Crippen LogP contribution is -2.49. The fourth-order valence-corrected chi connectivity index (χ4v) is 5.15. The number of rotatable bonds is 4. The van der Waals surface area contributed by atoms with E-state index in [4.69, 9.17) is 0 Å². The van der Waals surface area contributed by atoms with Gasteiger partial charge < -0.3 is 9.80 Å². The van der Waals surface area contributed by atoms with Crippen LogP contribution in [0.15, 0.2) is 23.6 Å². The molecular formula is C22H26F2N4O2S. The Hall–Kier alpha value is -2.55. The number of thiazole rings is 1. The summed E-state index contributed by atoms with van der Waals surface area (Å²) < 4.78 is 26.9. The lowest BCUT2D eigenvalue weighted by Gasteiger charge is -2.37. The van der Waals surface area contributed by atoms with E-state index in [1.165, 1.54) is 23.5 Å². The molecule has 1 aliphatic heterocycles. The molecule has 31 heavy (non-hydrogen) atoms. The van der Waals surface area contributed by atoms with E-state index in [2.05, 4.69) is 10.3 Å². The lowest BCUT2D eigenvalue weighted by atomic mass is 10.0. The first-order valence-electron chi connectivity index (χ1n) is 10.7. The van der Waals surface area contributed by atoms with Crippen molar-refractivity contribution >= 4 is 29.1 Å². The van der Waals surface area contributed by atoms with Crippen molar-refractivity contribution in [3.05, 3.63) is 35.2 Å². The zero-order valence-electron chi connectivity index (χ0n) is 17.4. The molecule has 1 N–H and O–H groups in total. The molecule has 1 aromatic carbocycles. The van der Waals surface area contributed by atoms with Crippen molar-refractivity contribution in [3.63, 3.8) is 0 Å². The number of hydrogen-bond acceptors (Lipinski definition) is 4. The SMILES string of the molecule is CN(C(=O)Nc1csc(-c2cc(F)cc(F)c2)n1)C1CCN(C(=O)C2CCCC2)CC1. The molecule has 2 heterocycles. The van der Waals surface area contributed by atoms with E-state index >= 15 is 0 Å². The third kappa shape index (κ3) is 5.03. The topological polar surface area (TPSA) is 65.5 Å². The van der Waals surface area contributed by atoms with Gasteiger partial charge in [0, 0.05) is 49.1 Å². The van der Waals surface area contributed by atoms with Gasteiger partial charge in [-0.15, -0.1) is 11.3 Å². The van der Waals surface area contributed by atoms with E-state index in [1.54, 1.807) is 17.3 Å². The third-order valence-corrected chi connectivity index (χ3v) is 7.09. The van der Waals surface area contributed by atoms with Crippen molar-refractivity contribution in [2.24, 2.45) is 5.92 Å². The zero-order chi connectivity index (χ0) is 22.0. The van der Waals surface area contributed by atoms with Crippen LogP contribution in [0.5, 0.6) is 0 Å². The van der Waals surface area contributed by atoms with Crippen molar-refractivity contribution in [2.45, 2.75) is 44.6 Å². The maximum absolute atomic E-state index is 13.4. The molecule has 2 aliphatic rings. The summed E-state index contributed by atoms with van der Waals surface area (Å²) in [6.07, 6.45) is 5.77. The smallest absolute Gasteiger partial charge is 0.323 e. The Kier molecular flexibility index (Phi) is 6.50. The first-order valence-corrected chi connectivity index (χ1v) is 11.5. The summed E-state index contributed by atoms with van der Waals surface area (Å²) in [5.74, 6) is -0.549. The Morgan fingerprint density at radius 3 is 2.39 bits per heavy atom. The summed E-state index contributed by atoms with van der Waals surface area (Å²) in [6.45, 7) is 1.34. The Bertz CT molecular complexity index is 932. The van der Waals surface area contributed by atoms with Gasteiger partial charge in [-0.2, -0.15) is 0 Å². The van der Waals surface area contributed by atoms with Crippen molar-refractivity contribution in [3.8, 4) is 10.6 Å². The molecule has 4 rings (SSSR count). The Morgan fingerprint density at radius 1 is 1.10 bits per heavy atom. The van der Waals surface area contributed by atoms with Crippen LogP contribution in [0, 0.1) is 17.6 Å². The second-order valence-corrected chi connectivity index (χ2v) is 9.13. The number of carbonyl (C=O) groups excluding carboxylic acids is 2. The van der Waals surface area contributed by atoms with E-state index in [0.29, 0.717) is 29.5 Å². The molecule has 0 unspecified atom stereocenters. The molecule has 2 fully saturated rings. The molecule has 1 saturated carbocycles. The van der Waals surface area contributed by atoms with Crippen LogP contribution in [0.1, 0.15) is 38.5 Å². The van der Waals surface area contributed by atoms with E-state index < -0.39 is 11.6 Å². The fourth-order valence-electron chi connectivity index (χ4n) is 4.41. The van der Waals surface area contributed by atoms with Crippen LogP contribution in [0.3, 0.4) is 0 Å². The maximum atomic E-state index is 13.4. The molecular weight excluding hydrogens is 422 g/mol. The number of aromatic nitrogens is 1. The number of halogens is 2. The number of nitrogens with zero attached hydrogens (tertiary/aromatic N) is 3. The predicted molar refractivity (Wildman–Crippen MR) is 116 cm³/mol. The van der Waals surface area contributed by atoms with Crippen molar-refractivity contribution in [1.29, 1.82) is 0 Å². The molecule has 0 spiro atoms. The number of likely N-dealkylation sites (tertiary alicyclic amines) is 1. The Labute approximate surface area is 184 Å². The fraction of sp³-hybridized carbons (Fsp3) is 0.500. The molecule has 2 aromatic rings.